The normalized spacial score (nSPS) is 39.5. The lowest BCUT2D eigenvalue weighted by atomic mass is 10.0. The average molecular weight is 264 g/mol. The number of aromatic nitrogens is 2. The van der Waals surface area contributed by atoms with Gasteiger partial charge in [-0.05, 0) is 42.9 Å². The van der Waals surface area contributed by atoms with Crippen molar-refractivity contribution in [2.45, 2.75) is 25.3 Å². The van der Waals surface area contributed by atoms with Crippen LogP contribution in [-0.4, -0.2) is 29.2 Å². The summed E-state index contributed by atoms with van der Waals surface area (Å²) in [7, 11) is 1.78. The molecule has 0 saturated heterocycles. The van der Waals surface area contributed by atoms with Crippen molar-refractivity contribution in [1.29, 1.82) is 0 Å². The largest absolute Gasteiger partial charge is 0.363 e. The molecule has 4 unspecified atom stereocenters. The summed E-state index contributed by atoms with van der Waals surface area (Å²) in [5.41, 5.74) is 0. The van der Waals surface area contributed by atoms with Crippen LogP contribution in [0.15, 0.2) is 0 Å². The Morgan fingerprint density at radius 1 is 1.28 bits per heavy atom. The molecule has 2 bridgehead atoms. The van der Waals surface area contributed by atoms with Crippen molar-refractivity contribution in [3.8, 4) is 0 Å². The van der Waals surface area contributed by atoms with Gasteiger partial charge in [-0.25, -0.2) is 0 Å². The van der Waals surface area contributed by atoms with Crippen LogP contribution in [-0.2, 0) is 0 Å². The van der Waals surface area contributed by atoms with Gasteiger partial charge in [-0.3, -0.25) is 4.79 Å². The van der Waals surface area contributed by atoms with E-state index in [0.29, 0.717) is 16.2 Å². The molecule has 1 amide bonds. The van der Waals surface area contributed by atoms with Gasteiger partial charge in [0.05, 0.1) is 0 Å². The van der Waals surface area contributed by atoms with Gasteiger partial charge in [-0.1, -0.05) is 11.3 Å². The van der Waals surface area contributed by atoms with E-state index in [4.69, 9.17) is 0 Å². The van der Waals surface area contributed by atoms with Crippen LogP contribution in [0.3, 0.4) is 0 Å². The molecule has 0 spiro atoms. The summed E-state index contributed by atoms with van der Waals surface area (Å²) in [5.74, 6) is 3.25. The number of hydrogen-bond donors (Lipinski definition) is 2. The number of hydrogen-bond acceptors (Lipinski definition) is 5. The third-order valence-electron chi connectivity index (χ3n) is 4.87. The van der Waals surface area contributed by atoms with Crippen LogP contribution in [0.1, 0.15) is 29.1 Å². The Hall–Kier alpha value is -1.17. The summed E-state index contributed by atoms with van der Waals surface area (Å²) in [6.07, 6.45) is 4.16. The second kappa shape index (κ2) is 3.66. The maximum atomic E-state index is 12.1. The molecule has 1 aromatic rings. The van der Waals surface area contributed by atoms with Crippen molar-refractivity contribution in [3.63, 3.8) is 0 Å². The molecule has 6 heteroatoms. The Labute approximate surface area is 109 Å². The molecule has 4 atom stereocenters. The summed E-state index contributed by atoms with van der Waals surface area (Å²) >= 11 is 1.31. The van der Waals surface area contributed by atoms with Crippen LogP contribution in [0.4, 0.5) is 5.13 Å². The van der Waals surface area contributed by atoms with E-state index < -0.39 is 0 Å². The second-order valence-corrected chi connectivity index (χ2v) is 6.63. The monoisotopic (exact) mass is 264 g/mol. The van der Waals surface area contributed by atoms with Crippen LogP contribution >= 0.6 is 11.3 Å². The minimum Gasteiger partial charge on any atom is -0.363 e. The number of carbonyl (C=O) groups excluding carboxylic acids is 1. The summed E-state index contributed by atoms with van der Waals surface area (Å²) in [5, 5.41) is 15.0. The first-order chi connectivity index (χ1) is 8.78. The second-order valence-electron chi connectivity index (χ2n) is 5.65. The molecular weight excluding hydrogens is 248 g/mol. The molecule has 0 aromatic carbocycles. The van der Waals surface area contributed by atoms with E-state index in [2.05, 4.69) is 20.8 Å². The summed E-state index contributed by atoms with van der Waals surface area (Å²) in [6.45, 7) is 0. The highest BCUT2D eigenvalue weighted by Crippen LogP contribution is 2.65. The summed E-state index contributed by atoms with van der Waals surface area (Å²) in [4.78, 5) is 12.1. The number of nitrogens with zero attached hydrogens (tertiary/aromatic N) is 2. The van der Waals surface area contributed by atoms with Gasteiger partial charge in [0.25, 0.3) is 5.91 Å². The van der Waals surface area contributed by atoms with E-state index in [1.165, 1.54) is 30.6 Å². The van der Waals surface area contributed by atoms with Crippen LogP contribution < -0.4 is 10.6 Å². The maximum Gasteiger partial charge on any atom is 0.282 e. The fourth-order valence-electron chi connectivity index (χ4n) is 4.15. The first-order valence-corrected chi connectivity index (χ1v) is 7.41. The highest BCUT2D eigenvalue weighted by atomic mass is 32.1. The van der Waals surface area contributed by atoms with E-state index in [0.717, 1.165) is 23.7 Å². The Morgan fingerprint density at radius 2 is 2.00 bits per heavy atom. The van der Waals surface area contributed by atoms with Crippen LogP contribution in [0.5, 0.6) is 0 Å². The quantitative estimate of drug-likeness (QED) is 0.865. The van der Waals surface area contributed by atoms with Crippen LogP contribution in [0.2, 0.25) is 0 Å². The van der Waals surface area contributed by atoms with Gasteiger partial charge in [-0.15, -0.1) is 10.2 Å². The zero-order valence-electron chi connectivity index (χ0n) is 10.2. The summed E-state index contributed by atoms with van der Waals surface area (Å²) < 4.78 is 0. The molecule has 96 valence electrons. The van der Waals surface area contributed by atoms with Gasteiger partial charge in [0.2, 0.25) is 10.1 Å². The molecule has 0 radical (unpaired) electrons. The standard InChI is InChI=1S/C12H16N4OS/c1-13-12-16-15-11(18-12)10(17)14-9-7-5-2-3-6(4-5)8(7)9/h5-9H,2-4H2,1H3,(H,13,16)(H,14,17). The minimum atomic E-state index is -0.0483. The molecule has 1 aromatic heterocycles. The Morgan fingerprint density at radius 3 is 2.61 bits per heavy atom. The molecule has 3 fully saturated rings. The molecule has 18 heavy (non-hydrogen) atoms. The fourth-order valence-corrected chi connectivity index (χ4v) is 4.75. The Kier molecular flexibility index (Phi) is 2.18. The molecule has 4 rings (SSSR count). The molecule has 3 saturated carbocycles. The molecular formula is C12H16N4OS. The number of nitrogens with one attached hydrogen (secondary N) is 2. The van der Waals surface area contributed by atoms with Gasteiger partial charge < -0.3 is 10.6 Å². The van der Waals surface area contributed by atoms with Gasteiger partial charge in [0.1, 0.15) is 0 Å². The number of carbonyl (C=O) groups is 1. The molecule has 1 heterocycles. The van der Waals surface area contributed by atoms with E-state index in [1.807, 2.05) is 0 Å². The number of rotatable bonds is 3. The van der Waals surface area contributed by atoms with Crippen molar-refractivity contribution in [2.24, 2.45) is 23.7 Å². The van der Waals surface area contributed by atoms with Gasteiger partial charge in [-0.2, -0.15) is 0 Å². The Bertz CT molecular complexity index is 486. The third-order valence-corrected chi connectivity index (χ3v) is 5.81. The highest BCUT2D eigenvalue weighted by Gasteiger charge is 2.65. The third kappa shape index (κ3) is 1.41. The summed E-state index contributed by atoms with van der Waals surface area (Å²) in [6, 6.07) is 0.422. The molecule has 0 aliphatic heterocycles. The number of anilines is 1. The zero-order chi connectivity index (χ0) is 12.3. The maximum absolute atomic E-state index is 12.1. The number of amides is 1. The van der Waals surface area contributed by atoms with Crippen molar-refractivity contribution < 1.29 is 4.79 Å². The van der Waals surface area contributed by atoms with Crippen molar-refractivity contribution >= 4 is 22.4 Å². The van der Waals surface area contributed by atoms with Gasteiger partial charge in [0, 0.05) is 13.1 Å². The predicted molar refractivity (Wildman–Crippen MR) is 68.5 cm³/mol. The lowest BCUT2D eigenvalue weighted by Crippen LogP contribution is -2.29. The lowest BCUT2D eigenvalue weighted by Gasteiger charge is -2.08. The fraction of sp³-hybridized carbons (Fsp3) is 0.750. The first-order valence-electron chi connectivity index (χ1n) is 6.60. The SMILES string of the molecule is CNc1nnc(C(=O)NC2C3C4CCC(C4)C23)s1. The topological polar surface area (TPSA) is 66.9 Å². The van der Waals surface area contributed by atoms with Gasteiger partial charge in [0.15, 0.2) is 0 Å². The van der Waals surface area contributed by atoms with Crippen LogP contribution in [0, 0.1) is 23.7 Å². The van der Waals surface area contributed by atoms with Crippen molar-refractivity contribution in [1.82, 2.24) is 15.5 Å². The zero-order valence-corrected chi connectivity index (χ0v) is 11.0. The smallest absolute Gasteiger partial charge is 0.282 e. The van der Waals surface area contributed by atoms with E-state index in [9.17, 15) is 4.79 Å². The predicted octanol–water partition coefficient (Wildman–Crippen LogP) is 1.35. The molecule has 3 aliphatic rings. The van der Waals surface area contributed by atoms with E-state index in [-0.39, 0.29) is 5.91 Å². The average Bonchev–Trinajstić information content (AvgIpc) is 2.87. The minimum absolute atomic E-state index is 0.0483. The molecule has 5 nitrogen and oxygen atoms in total. The van der Waals surface area contributed by atoms with Crippen molar-refractivity contribution in [2.75, 3.05) is 12.4 Å². The lowest BCUT2D eigenvalue weighted by molar-refractivity contribution is 0.0943. The van der Waals surface area contributed by atoms with Crippen molar-refractivity contribution in [3.05, 3.63) is 5.01 Å². The highest BCUT2D eigenvalue weighted by molar-refractivity contribution is 7.17. The van der Waals surface area contributed by atoms with Gasteiger partial charge >= 0.3 is 0 Å². The Balaban J connectivity index is 1.43. The first kappa shape index (κ1) is 10.7. The van der Waals surface area contributed by atoms with E-state index in [1.54, 1.807) is 7.05 Å². The number of fused-ring (bicyclic) bond motifs is 5. The van der Waals surface area contributed by atoms with Crippen LogP contribution in [0.25, 0.3) is 0 Å². The molecule has 3 aliphatic carbocycles. The molecule has 2 N–H and O–H groups in total. The van der Waals surface area contributed by atoms with E-state index >= 15 is 0 Å².